The van der Waals surface area contributed by atoms with Gasteiger partial charge in [0.25, 0.3) is 0 Å². The molecule has 0 spiro atoms. The molecular weight excluding hydrogens is 253 g/mol. The molecule has 1 saturated carbocycles. The zero-order valence-electron chi connectivity index (χ0n) is 10.0. The van der Waals surface area contributed by atoms with Crippen molar-refractivity contribution in [3.8, 4) is 5.75 Å². The molecule has 0 aromatic heterocycles. The number of aliphatic carboxylic acids is 1. The van der Waals surface area contributed by atoms with Gasteiger partial charge in [-0.25, -0.2) is 4.39 Å². The van der Waals surface area contributed by atoms with E-state index in [1.807, 2.05) is 0 Å². The van der Waals surface area contributed by atoms with E-state index in [9.17, 15) is 14.0 Å². The van der Waals surface area contributed by atoms with Crippen molar-refractivity contribution in [2.24, 2.45) is 11.8 Å². The first-order chi connectivity index (χ1) is 9.08. The lowest BCUT2D eigenvalue weighted by atomic mass is 10.2. The number of hydrogen-bond donors (Lipinski definition) is 1. The van der Waals surface area contributed by atoms with Gasteiger partial charge in [-0.15, -0.1) is 0 Å². The fraction of sp³-hybridized carbons (Fsp3) is 0.385. The molecule has 2 aliphatic rings. The van der Waals surface area contributed by atoms with E-state index in [4.69, 9.17) is 9.84 Å². The number of ether oxygens (including phenoxy) is 1. The molecule has 1 heterocycles. The third-order valence-electron chi connectivity index (χ3n) is 3.48. The minimum atomic E-state index is -0.939. The fourth-order valence-electron chi connectivity index (χ4n) is 2.36. The summed E-state index contributed by atoms with van der Waals surface area (Å²) in [6.07, 6.45) is 0.377. The normalized spacial score (nSPS) is 24.4. The molecule has 2 unspecified atom stereocenters. The van der Waals surface area contributed by atoms with Gasteiger partial charge >= 0.3 is 5.97 Å². The van der Waals surface area contributed by atoms with Crippen LogP contribution in [0.15, 0.2) is 18.2 Å². The molecular formula is C13H12FNO4. The van der Waals surface area contributed by atoms with Crippen LogP contribution in [-0.2, 0) is 9.59 Å². The van der Waals surface area contributed by atoms with Crippen molar-refractivity contribution in [3.05, 3.63) is 24.0 Å². The monoisotopic (exact) mass is 265 g/mol. The minimum Gasteiger partial charge on any atom is -0.489 e. The highest BCUT2D eigenvalue weighted by Gasteiger charge is 2.50. The Morgan fingerprint density at radius 1 is 1.37 bits per heavy atom. The maximum absolute atomic E-state index is 13.1. The van der Waals surface area contributed by atoms with E-state index in [-0.39, 0.29) is 12.5 Å². The molecule has 1 fully saturated rings. The molecule has 1 aromatic carbocycles. The lowest BCUT2D eigenvalue weighted by Gasteiger charge is -2.29. The highest BCUT2D eigenvalue weighted by Crippen LogP contribution is 2.42. The van der Waals surface area contributed by atoms with Gasteiger partial charge < -0.3 is 14.7 Å². The average molecular weight is 265 g/mol. The van der Waals surface area contributed by atoms with Crippen molar-refractivity contribution < 1.29 is 23.8 Å². The van der Waals surface area contributed by atoms with E-state index in [0.717, 1.165) is 0 Å². The van der Waals surface area contributed by atoms with Crippen LogP contribution in [0.4, 0.5) is 10.1 Å². The number of carboxylic acids is 1. The first-order valence-electron chi connectivity index (χ1n) is 6.04. The number of rotatable bonds is 2. The first kappa shape index (κ1) is 12.0. The van der Waals surface area contributed by atoms with Crippen LogP contribution in [0.5, 0.6) is 5.75 Å². The molecule has 100 valence electrons. The highest BCUT2D eigenvalue weighted by atomic mass is 19.1. The van der Waals surface area contributed by atoms with Gasteiger partial charge in [0.2, 0.25) is 5.91 Å². The molecule has 1 amide bonds. The van der Waals surface area contributed by atoms with Crippen LogP contribution in [0.25, 0.3) is 0 Å². The average Bonchev–Trinajstić information content (AvgIpc) is 3.17. The molecule has 1 aliphatic carbocycles. The fourth-order valence-corrected chi connectivity index (χ4v) is 2.36. The van der Waals surface area contributed by atoms with Crippen molar-refractivity contribution in [2.75, 3.05) is 18.1 Å². The summed E-state index contributed by atoms with van der Waals surface area (Å²) >= 11 is 0. The van der Waals surface area contributed by atoms with Gasteiger partial charge in [0.1, 0.15) is 18.2 Å². The molecule has 19 heavy (non-hydrogen) atoms. The second-order valence-corrected chi connectivity index (χ2v) is 4.74. The van der Waals surface area contributed by atoms with E-state index >= 15 is 0 Å². The number of anilines is 1. The van der Waals surface area contributed by atoms with Gasteiger partial charge in [-0.05, 0) is 18.6 Å². The van der Waals surface area contributed by atoms with Crippen molar-refractivity contribution in [3.63, 3.8) is 0 Å². The van der Waals surface area contributed by atoms with Crippen molar-refractivity contribution in [1.29, 1.82) is 0 Å². The van der Waals surface area contributed by atoms with Crippen molar-refractivity contribution in [1.82, 2.24) is 0 Å². The van der Waals surface area contributed by atoms with Gasteiger partial charge in [0.15, 0.2) is 0 Å². The number of hydrogen-bond acceptors (Lipinski definition) is 3. The Bertz CT molecular complexity index is 560. The summed E-state index contributed by atoms with van der Waals surface area (Å²) in [6.45, 7) is 0.646. The number of carboxylic acid groups (broad SMARTS) is 1. The summed E-state index contributed by atoms with van der Waals surface area (Å²) in [5.41, 5.74) is 0.508. The number of amides is 1. The molecule has 1 N–H and O–H groups in total. The summed E-state index contributed by atoms with van der Waals surface area (Å²) in [7, 11) is 0. The summed E-state index contributed by atoms with van der Waals surface area (Å²) in [6, 6.07) is 3.98. The van der Waals surface area contributed by atoms with Gasteiger partial charge in [-0.1, -0.05) is 0 Å². The van der Waals surface area contributed by atoms with Gasteiger partial charge in [-0.2, -0.15) is 0 Å². The Morgan fingerprint density at radius 3 is 2.84 bits per heavy atom. The topological polar surface area (TPSA) is 66.8 Å². The second-order valence-electron chi connectivity index (χ2n) is 4.74. The molecule has 0 radical (unpaired) electrons. The third-order valence-corrected chi connectivity index (χ3v) is 3.48. The Hall–Kier alpha value is -2.11. The molecule has 6 heteroatoms. The smallest absolute Gasteiger partial charge is 0.307 e. The predicted molar refractivity (Wildman–Crippen MR) is 63.5 cm³/mol. The molecule has 1 aliphatic heterocycles. The largest absolute Gasteiger partial charge is 0.489 e. The molecule has 1 aromatic rings. The van der Waals surface area contributed by atoms with Crippen LogP contribution in [0.2, 0.25) is 0 Å². The van der Waals surface area contributed by atoms with Crippen LogP contribution in [0, 0.1) is 17.7 Å². The molecule has 3 rings (SSSR count). The summed E-state index contributed by atoms with van der Waals surface area (Å²) < 4.78 is 18.4. The maximum atomic E-state index is 13.1. The van der Waals surface area contributed by atoms with E-state index in [1.54, 1.807) is 0 Å². The lowest BCUT2D eigenvalue weighted by Crippen LogP contribution is -2.39. The Balaban J connectivity index is 1.84. The quantitative estimate of drug-likeness (QED) is 0.874. The summed E-state index contributed by atoms with van der Waals surface area (Å²) in [5.74, 6) is -2.31. The van der Waals surface area contributed by atoms with Crippen LogP contribution in [0.3, 0.4) is 0 Å². The van der Waals surface area contributed by atoms with Crippen molar-refractivity contribution in [2.45, 2.75) is 6.42 Å². The number of carbonyl (C=O) groups excluding carboxylic acids is 1. The highest BCUT2D eigenvalue weighted by molar-refractivity contribution is 6.01. The molecule has 0 saturated heterocycles. The summed E-state index contributed by atoms with van der Waals surface area (Å²) in [4.78, 5) is 24.5. The van der Waals surface area contributed by atoms with Gasteiger partial charge in [0.05, 0.1) is 24.1 Å². The number of carbonyl (C=O) groups is 2. The van der Waals surface area contributed by atoms with E-state index in [0.29, 0.717) is 24.4 Å². The van der Waals surface area contributed by atoms with Gasteiger partial charge in [-0.3, -0.25) is 9.59 Å². The number of nitrogens with zero attached hydrogens (tertiary/aromatic N) is 1. The summed E-state index contributed by atoms with van der Waals surface area (Å²) in [5, 5.41) is 8.86. The zero-order valence-corrected chi connectivity index (χ0v) is 10.0. The van der Waals surface area contributed by atoms with E-state index in [1.165, 1.54) is 23.1 Å². The molecule has 5 nitrogen and oxygen atoms in total. The number of halogens is 1. The first-order valence-corrected chi connectivity index (χ1v) is 6.04. The van der Waals surface area contributed by atoms with E-state index < -0.39 is 23.6 Å². The second kappa shape index (κ2) is 4.22. The van der Waals surface area contributed by atoms with Crippen LogP contribution in [0.1, 0.15) is 6.42 Å². The third kappa shape index (κ3) is 2.03. The predicted octanol–water partition coefficient (Wildman–Crippen LogP) is 1.27. The number of fused-ring (bicyclic) bond motifs is 1. The zero-order chi connectivity index (χ0) is 13.6. The maximum Gasteiger partial charge on any atom is 0.307 e. The van der Waals surface area contributed by atoms with Crippen molar-refractivity contribution >= 4 is 17.6 Å². The van der Waals surface area contributed by atoms with Crippen LogP contribution >= 0.6 is 0 Å². The molecule has 0 bridgehead atoms. The van der Waals surface area contributed by atoms with E-state index in [2.05, 4.69) is 0 Å². The number of benzene rings is 1. The Morgan fingerprint density at radius 2 is 2.16 bits per heavy atom. The Labute approximate surface area is 108 Å². The van der Waals surface area contributed by atoms with Crippen LogP contribution < -0.4 is 9.64 Å². The SMILES string of the molecule is O=C(O)C1CC1C(=O)N1CCOc2cc(F)ccc21. The van der Waals surface area contributed by atoms with Crippen LogP contribution in [-0.4, -0.2) is 30.1 Å². The van der Waals surface area contributed by atoms with Gasteiger partial charge in [0, 0.05) is 6.07 Å². The minimum absolute atomic E-state index is 0.219. The lowest BCUT2D eigenvalue weighted by molar-refractivity contribution is -0.140. The molecule has 2 atom stereocenters. The Kier molecular flexibility index (Phi) is 2.66. The standard InChI is InChI=1S/C13H12FNO4/c14-7-1-2-10-11(5-7)19-4-3-15(10)12(16)8-6-9(8)13(17)18/h1-2,5,8-9H,3-4,6H2,(H,17,18).